The first-order valence-electron chi connectivity index (χ1n) is 8.78. The first-order valence-corrected chi connectivity index (χ1v) is 8.78. The predicted molar refractivity (Wildman–Crippen MR) is 107 cm³/mol. The van der Waals surface area contributed by atoms with Gasteiger partial charge in [0, 0.05) is 18.8 Å². The Balaban J connectivity index is 1.96. The number of non-ortho nitro benzene ring substituents is 1. The number of nitro groups is 1. The van der Waals surface area contributed by atoms with Gasteiger partial charge < -0.3 is 19.7 Å². The molecule has 0 aliphatic rings. The number of benzene rings is 2. The Morgan fingerprint density at radius 3 is 2.38 bits per heavy atom. The van der Waals surface area contributed by atoms with Crippen LogP contribution in [0.5, 0.6) is 11.5 Å². The molecule has 29 heavy (non-hydrogen) atoms. The van der Waals surface area contributed by atoms with Crippen LogP contribution in [0.1, 0.15) is 11.1 Å². The van der Waals surface area contributed by atoms with Crippen LogP contribution in [0, 0.1) is 24.0 Å². The monoisotopic (exact) mass is 401 g/mol. The quantitative estimate of drug-likeness (QED) is 0.538. The molecule has 0 aliphatic carbocycles. The molecule has 0 unspecified atom stereocenters. The number of amides is 2. The van der Waals surface area contributed by atoms with Crippen molar-refractivity contribution in [3.8, 4) is 11.5 Å². The maximum atomic E-state index is 12.3. The summed E-state index contributed by atoms with van der Waals surface area (Å²) in [6.07, 6.45) is 0. The molecule has 0 radical (unpaired) electrons. The van der Waals surface area contributed by atoms with Crippen LogP contribution in [-0.2, 0) is 9.59 Å². The zero-order valence-corrected chi connectivity index (χ0v) is 16.7. The van der Waals surface area contributed by atoms with E-state index in [0.717, 1.165) is 16.8 Å². The molecule has 2 aromatic rings. The summed E-state index contributed by atoms with van der Waals surface area (Å²) in [5, 5.41) is 13.7. The minimum Gasteiger partial charge on any atom is -0.493 e. The number of hydrogen-bond donors (Lipinski definition) is 1. The Morgan fingerprint density at radius 1 is 1.14 bits per heavy atom. The van der Waals surface area contributed by atoms with Crippen LogP contribution in [-0.4, -0.2) is 48.9 Å². The predicted octanol–water partition coefficient (Wildman–Crippen LogP) is 2.70. The summed E-state index contributed by atoms with van der Waals surface area (Å²) in [6.45, 7) is 3.21. The highest BCUT2D eigenvalue weighted by Crippen LogP contribution is 2.31. The van der Waals surface area contributed by atoms with Gasteiger partial charge in [-0.3, -0.25) is 19.7 Å². The van der Waals surface area contributed by atoms with Crippen molar-refractivity contribution in [3.05, 3.63) is 57.6 Å². The maximum Gasteiger partial charge on any atom is 0.273 e. The standard InChI is InChI=1S/C20H23N3O6/c1-13-6-5-7-14(2)20(13)21-18(24)11-22(3)19(25)12-29-17-10-15(23(26)27)8-9-16(17)28-4/h5-10H,11-12H2,1-4H3,(H,21,24). The van der Waals surface area contributed by atoms with Crippen LogP contribution in [0.3, 0.4) is 0 Å². The Kier molecular flexibility index (Phi) is 7.13. The molecule has 0 heterocycles. The molecule has 0 fully saturated rings. The minimum atomic E-state index is -0.571. The van der Waals surface area contributed by atoms with Gasteiger partial charge in [0.15, 0.2) is 18.1 Å². The van der Waals surface area contributed by atoms with E-state index in [1.54, 1.807) is 0 Å². The van der Waals surface area contributed by atoms with Gasteiger partial charge in [-0.15, -0.1) is 0 Å². The van der Waals surface area contributed by atoms with Crippen molar-refractivity contribution in [1.82, 2.24) is 4.90 Å². The third-order valence-electron chi connectivity index (χ3n) is 4.26. The summed E-state index contributed by atoms with van der Waals surface area (Å²) in [5.41, 5.74) is 2.38. The van der Waals surface area contributed by atoms with E-state index >= 15 is 0 Å². The molecule has 2 amide bonds. The summed E-state index contributed by atoms with van der Waals surface area (Å²) in [5.74, 6) is -0.469. The van der Waals surface area contributed by atoms with E-state index in [1.165, 1.54) is 37.3 Å². The van der Waals surface area contributed by atoms with Gasteiger partial charge in [-0.05, 0) is 31.0 Å². The summed E-state index contributed by atoms with van der Waals surface area (Å²) in [6, 6.07) is 9.52. The zero-order chi connectivity index (χ0) is 21.6. The summed E-state index contributed by atoms with van der Waals surface area (Å²) in [4.78, 5) is 36.1. The van der Waals surface area contributed by atoms with Gasteiger partial charge in [-0.1, -0.05) is 18.2 Å². The van der Waals surface area contributed by atoms with Crippen molar-refractivity contribution >= 4 is 23.2 Å². The molecule has 0 atom stereocenters. The van der Waals surface area contributed by atoms with Crippen molar-refractivity contribution in [1.29, 1.82) is 0 Å². The average molecular weight is 401 g/mol. The molecule has 2 aromatic carbocycles. The lowest BCUT2D eigenvalue weighted by molar-refractivity contribution is -0.385. The number of hydrogen-bond acceptors (Lipinski definition) is 6. The van der Waals surface area contributed by atoms with Gasteiger partial charge in [-0.2, -0.15) is 0 Å². The molecule has 0 spiro atoms. The number of anilines is 1. The number of rotatable bonds is 8. The number of nitro benzene ring substituents is 1. The van der Waals surface area contributed by atoms with E-state index in [4.69, 9.17) is 9.47 Å². The normalized spacial score (nSPS) is 10.2. The number of likely N-dealkylation sites (N-methyl/N-ethyl adjacent to an activating group) is 1. The largest absolute Gasteiger partial charge is 0.493 e. The number of aryl methyl sites for hydroxylation is 2. The molecule has 0 bridgehead atoms. The van der Waals surface area contributed by atoms with Crippen LogP contribution in [0.4, 0.5) is 11.4 Å². The number of methoxy groups -OCH3 is 1. The fraction of sp³-hybridized carbons (Fsp3) is 0.300. The Hall–Kier alpha value is -3.62. The number of nitrogens with one attached hydrogen (secondary N) is 1. The molecule has 154 valence electrons. The van der Waals surface area contributed by atoms with Gasteiger partial charge in [-0.25, -0.2) is 0 Å². The molecule has 2 rings (SSSR count). The van der Waals surface area contributed by atoms with E-state index in [9.17, 15) is 19.7 Å². The van der Waals surface area contributed by atoms with Crippen LogP contribution in [0.2, 0.25) is 0 Å². The fourth-order valence-corrected chi connectivity index (χ4v) is 2.64. The highest BCUT2D eigenvalue weighted by molar-refractivity contribution is 5.95. The summed E-state index contributed by atoms with van der Waals surface area (Å²) in [7, 11) is 2.86. The second-order valence-electron chi connectivity index (χ2n) is 6.45. The van der Waals surface area contributed by atoms with E-state index in [-0.39, 0.29) is 29.6 Å². The molecule has 9 heteroatoms. The highest BCUT2D eigenvalue weighted by atomic mass is 16.6. The summed E-state index contributed by atoms with van der Waals surface area (Å²) >= 11 is 0. The Labute approximate surface area is 168 Å². The zero-order valence-electron chi connectivity index (χ0n) is 16.7. The molecule has 0 aromatic heterocycles. The number of para-hydroxylation sites is 1. The number of carbonyl (C=O) groups is 2. The second-order valence-corrected chi connectivity index (χ2v) is 6.45. The number of ether oxygens (including phenoxy) is 2. The van der Waals surface area contributed by atoms with Crippen molar-refractivity contribution < 1.29 is 24.0 Å². The summed E-state index contributed by atoms with van der Waals surface area (Å²) < 4.78 is 10.5. The molecule has 0 aliphatic heterocycles. The van der Waals surface area contributed by atoms with Crippen LogP contribution in [0.15, 0.2) is 36.4 Å². The average Bonchev–Trinajstić information content (AvgIpc) is 2.68. The third kappa shape index (κ3) is 5.68. The topological polar surface area (TPSA) is 111 Å². The first kappa shape index (κ1) is 21.7. The lowest BCUT2D eigenvalue weighted by Crippen LogP contribution is -2.37. The van der Waals surface area contributed by atoms with Crippen LogP contribution >= 0.6 is 0 Å². The van der Waals surface area contributed by atoms with Crippen molar-refractivity contribution in [2.24, 2.45) is 0 Å². The smallest absolute Gasteiger partial charge is 0.273 e. The van der Waals surface area contributed by atoms with Crippen LogP contribution < -0.4 is 14.8 Å². The van der Waals surface area contributed by atoms with Crippen molar-refractivity contribution in [3.63, 3.8) is 0 Å². The van der Waals surface area contributed by atoms with Crippen LogP contribution in [0.25, 0.3) is 0 Å². The van der Waals surface area contributed by atoms with Crippen molar-refractivity contribution in [2.75, 3.05) is 32.6 Å². The van der Waals surface area contributed by atoms with Crippen molar-refractivity contribution in [2.45, 2.75) is 13.8 Å². The molecular formula is C20H23N3O6. The van der Waals surface area contributed by atoms with E-state index in [0.29, 0.717) is 0 Å². The second kappa shape index (κ2) is 9.54. The van der Waals surface area contributed by atoms with E-state index < -0.39 is 17.4 Å². The van der Waals surface area contributed by atoms with E-state index in [2.05, 4.69) is 5.32 Å². The Morgan fingerprint density at radius 2 is 1.79 bits per heavy atom. The molecule has 1 N–H and O–H groups in total. The lowest BCUT2D eigenvalue weighted by atomic mass is 10.1. The highest BCUT2D eigenvalue weighted by Gasteiger charge is 2.17. The lowest BCUT2D eigenvalue weighted by Gasteiger charge is -2.18. The SMILES string of the molecule is COc1ccc([N+](=O)[O-])cc1OCC(=O)N(C)CC(=O)Nc1c(C)cccc1C. The molecular weight excluding hydrogens is 378 g/mol. The van der Waals surface area contributed by atoms with Gasteiger partial charge >= 0.3 is 0 Å². The minimum absolute atomic E-state index is 0.0726. The van der Waals surface area contributed by atoms with E-state index in [1.807, 2.05) is 32.0 Å². The van der Waals surface area contributed by atoms with Gasteiger partial charge in [0.2, 0.25) is 5.91 Å². The fourth-order valence-electron chi connectivity index (χ4n) is 2.64. The first-order chi connectivity index (χ1) is 13.7. The van der Waals surface area contributed by atoms with Gasteiger partial charge in [0.25, 0.3) is 11.6 Å². The maximum absolute atomic E-state index is 12.3. The van der Waals surface area contributed by atoms with Gasteiger partial charge in [0.1, 0.15) is 0 Å². The molecule has 9 nitrogen and oxygen atoms in total. The Bertz CT molecular complexity index is 908. The van der Waals surface area contributed by atoms with Gasteiger partial charge in [0.05, 0.1) is 24.6 Å². The number of carbonyl (C=O) groups excluding carboxylic acids is 2. The molecule has 0 saturated heterocycles. The third-order valence-corrected chi connectivity index (χ3v) is 4.26. The molecule has 0 saturated carbocycles. The number of nitrogens with zero attached hydrogens (tertiary/aromatic N) is 2.